The first kappa shape index (κ1) is 35.0. The highest BCUT2D eigenvalue weighted by Gasteiger charge is 2.08. The molecule has 45 heavy (non-hydrogen) atoms. The van der Waals surface area contributed by atoms with E-state index in [0.717, 1.165) is 31.8 Å². The molecule has 0 aliphatic rings. The lowest BCUT2D eigenvalue weighted by Gasteiger charge is -2.04. The van der Waals surface area contributed by atoms with Gasteiger partial charge in [-0.3, -0.25) is 15.0 Å². The Balaban J connectivity index is 0.000000172. The van der Waals surface area contributed by atoms with Gasteiger partial charge in [-0.15, -0.1) is 23.9 Å². The minimum absolute atomic E-state index is 0.855. The maximum atomic E-state index is 5.33. The third-order valence-electron chi connectivity index (χ3n) is 6.12. The van der Waals surface area contributed by atoms with E-state index in [0.29, 0.717) is 0 Å². The van der Waals surface area contributed by atoms with Gasteiger partial charge in [-0.1, -0.05) is 124 Å². The monoisotopic (exact) mass is 683 g/mol. The zero-order chi connectivity index (χ0) is 32.9. The number of nitrogens with zero attached hydrogens (tertiary/aromatic N) is 3. The molecule has 224 valence electrons. The Labute approximate surface area is 278 Å². The van der Waals surface area contributed by atoms with E-state index in [1.165, 1.54) is 16.2 Å². The molecule has 0 aliphatic heterocycles. The first-order chi connectivity index (χ1) is 21.4. The molecular formula is C39H38BrN3Si2. The maximum absolute atomic E-state index is 5.33. The largest absolute Gasteiger partial charge is 0.263 e. The SMILES string of the molecule is Brc1cncc2ccccc12.C#C[Si](C)(C)C.C#Cc1cncc2ccccc12.C[Si](C)(C)C#Cc1cncc2ccccc12. The van der Waals surface area contributed by atoms with Gasteiger partial charge in [0.05, 0.1) is 11.1 Å². The van der Waals surface area contributed by atoms with E-state index in [9.17, 15) is 0 Å². The normalized spacial score (nSPS) is 10.3. The van der Waals surface area contributed by atoms with Crippen LogP contribution >= 0.6 is 15.9 Å². The molecule has 0 atom stereocenters. The van der Waals surface area contributed by atoms with Crippen LogP contribution in [0.1, 0.15) is 11.1 Å². The third-order valence-corrected chi connectivity index (χ3v) is 8.49. The summed E-state index contributed by atoms with van der Waals surface area (Å²) >= 11 is 3.43. The van der Waals surface area contributed by atoms with Crippen molar-refractivity contribution in [2.45, 2.75) is 39.3 Å². The standard InChI is InChI=1S/C14H15NSi.C11H7N.C9H6BrN.C5H10Si/c1-16(2,3)9-8-13-11-15-10-12-6-4-5-7-14(12)13;1-2-9-7-12-8-10-5-3-4-6-11(9)10;10-9-6-11-5-7-3-1-2-4-8(7)9;1-5-6(2,3)4/h4-7,10-11H,1-3H3;1,3-8H;1-6H;1H,2-4H3. The van der Waals surface area contributed by atoms with Crippen LogP contribution in [0, 0.1) is 35.8 Å². The number of halogens is 1. The van der Waals surface area contributed by atoms with E-state index in [1.807, 2.05) is 85.6 Å². The van der Waals surface area contributed by atoms with Crippen molar-refractivity contribution in [3.63, 3.8) is 0 Å². The Morgan fingerprint density at radius 2 is 0.933 bits per heavy atom. The highest BCUT2D eigenvalue weighted by molar-refractivity contribution is 9.10. The van der Waals surface area contributed by atoms with E-state index >= 15 is 0 Å². The Kier molecular flexibility index (Phi) is 12.8. The highest BCUT2D eigenvalue weighted by Crippen LogP contribution is 2.21. The van der Waals surface area contributed by atoms with Gasteiger partial charge in [-0.2, -0.15) is 0 Å². The molecule has 0 spiro atoms. The number of pyridine rings is 3. The Morgan fingerprint density at radius 3 is 1.38 bits per heavy atom. The Morgan fingerprint density at radius 1 is 0.533 bits per heavy atom. The number of aromatic nitrogens is 3. The van der Waals surface area contributed by atoms with Crippen molar-refractivity contribution in [3.8, 4) is 35.8 Å². The molecule has 0 amide bonds. The minimum Gasteiger partial charge on any atom is -0.263 e. The molecule has 6 rings (SSSR count). The van der Waals surface area contributed by atoms with Crippen LogP contribution in [0.2, 0.25) is 39.3 Å². The molecule has 0 radical (unpaired) electrons. The topological polar surface area (TPSA) is 38.7 Å². The van der Waals surface area contributed by atoms with Crippen LogP contribution in [0.5, 0.6) is 0 Å². The second-order valence-electron chi connectivity index (χ2n) is 12.2. The maximum Gasteiger partial charge on any atom is 0.129 e. The molecule has 0 aliphatic carbocycles. The second-order valence-corrected chi connectivity index (χ2v) is 22.6. The molecule has 3 aromatic heterocycles. The van der Waals surface area contributed by atoms with Gasteiger partial charge in [0.25, 0.3) is 0 Å². The first-order valence-electron chi connectivity index (χ1n) is 14.5. The zero-order valence-electron chi connectivity index (χ0n) is 26.8. The van der Waals surface area contributed by atoms with Crippen LogP contribution in [-0.2, 0) is 0 Å². The molecule has 0 N–H and O–H groups in total. The van der Waals surface area contributed by atoms with Gasteiger partial charge in [0.1, 0.15) is 16.1 Å². The summed E-state index contributed by atoms with van der Waals surface area (Å²) in [4.78, 5) is 12.3. The van der Waals surface area contributed by atoms with E-state index in [4.69, 9.17) is 12.8 Å². The van der Waals surface area contributed by atoms with E-state index < -0.39 is 16.1 Å². The summed E-state index contributed by atoms with van der Waals surface area (Å²) in [5.41, 5.74) is 8.02. The van der Waals surface area contributed by atoms with E-state index in [-0.39, 0.29) is 0 Å². The minimum atomic E-state index is -1.32. The number of hydrogen-bond donors (Lipinski definition) is 0. The molecule has 6 heteroatoms. The van der Waals surface area contributed by atoms with Crippen molar-refractivity contribution < 1.29 is 0 Å². The van der Waals surface area contributed by atoms with Crippen molar-refractivity contribution in [2.75, 3.05) is 0 Å². The fraction of sp³-hybridized carbons (Fsp3) is 0.154. The third kappa shape index (κ3) is 11.5. The zero-order valence-corrected chi connectivity index (χ0v) is 30.4. The average molecular weight is 685 g/mol. The summed E-state index contributed by atoms with van der Waals surface area (Å²) in [5.74, 6) is 5.88. The number of hydrogen-bond acceptors (Lipinski definition) is 3. The van der Waals surface area contributed by atoms with Gasteiger partial charge in [0.15, 0.2) is 0 Å². The Bertz CT molecular complexity index is 2020. The summed E-state index contributed by atoms with van der Waals surface area (Å²) < 4.78 is 1.05. The highest BCUT2D eigenvalue weighted by atomic mass is 79.9. The predicted octanol–water partition coefficient (Wildman–Crippen LogP) is 10.2. The molecule has 0 bridgehead atoms. The summed E-state index contributed by atoms with van der Waals surface area (Å²) in [6.45, 7) is 13.2. The molecule has 3 heterocycles. The van der Waals surface area contributed by atoms with Crippen LogP contribution in [0.3, 0.4) is 0 Å². The van der Waals surface area contributed by atoms with Crippen LogP contribution in [0.25, 0.3) is 32.3 Å². The molecular weight excluding hydrogens is 647 g/mol. The lowest BCUT2D eigenvalue weighted by atomic mass is 10.1. The molecule has 6 aromatic rings. The van der Waals surface area contributed by atoms with Crippen molar-refractivity contribution in [2.24, 2.45) is 0 Å². The number of fused-ring (bicyclic) bond motifs is 3. The average Bonchev–Trinajstić information content (AvgIpc) is 3.04. The van der Waals surface area contributed by atoms with Gasteiger partial charge in [0.2, 0.25) is 0 Å². The summed E-state index contributed by atoms with van der Waals surface area (Å²) in [5, 5.41) is 6.92. The van der Waals surface area contributed by atoms with Gasteiger partial charge >= 0.3 is 0 Å². The fourth-order valence-corrected chi connectivity index (χ4v) is 4.77. The lowest BCUT2D eigenvalue weighted by Crippen LogP contribution is -2.16. The predicted molar refractivity (Wildman–Crippen MR) is 203 cm³/mol. The molecule has 0 fully saturated rings. The first-order valence-corrected chi connectivity index (χ1v) is 22.3. The van der Waals surface area contributed by atoms with Gasteiger partial charge in [0, 0.05) is 68.6 Å². The lowest BCUT2D eigenvalue weighted by molar-refractivity contribution is 1.35. The van der Waals surface area contributed by atoms with Crippen LogP contribution in [0.15, 0.2) is 114 Å². The molecule has 3 nitrogen and oxygen atoms in total. The second kappa shape index (κ2) is 16.5. The summed E-state index contributed by atoms with van der Waals surface area (Å²) in [7, 11) is -2.42. The van der Waals surface area contributed by atoms with Gasteiger partial charge < -0.3 is 0 Å². The van der Waals surface area contributed by atoms with Crippen molar-refractivity contribution >= 4 is 64.4 Å². The molecule has 0 saturated heterocycles. The molecule has 0 saturated carbocycles. The van der Waals surface area contributed by atoms with Gasteiger partial charge in [-0.25, -0.2) is 0 Å². The summed E-state index contributed by atoms with van der Waals surface area (Å²) in [6.07, 6.45) is 21.4. The molecule has 0 unspecified atom stereocenters. The van der Waals surface area contributed by atoms with Crippen LogP contribution in [-0.4, -0.2) is 31.1 Å². The molecule has 3 aromatic carbocycles. The number of rotatable bonds is 0. The van der Waals surface area contributed by atoms with Crippen LogP contribution in [0.4, 0.5) is 0 Å². The van der Waals surface area contributed by atoms with Gasteiger partial charge in [-0.05, 0) is 21.3 Å². The van der Waals surface area contributed by atoms with Crippen molar-refractivity contribution in [3.05, 3.63) is 126 Å². The van der Waals surface area contributed by atoms with Crippen molar-refractivity contribution in [1.29, 1.82) is 0 Å². The number of benzene rings is 3. The van der Waals surface area contributed by atoms with Crippen molar-refractivity contribution in [1.82, 2.24) is 15.0 Å². The quantitative estimate of drug-likeness (QED) is 0.118. The fourth-order valence-electron chi connectivity index (χ4n) is 3.78. The van der Waals surface area contributed by atoms with E-state index in [2.05, 4.69) is 111 Å². The Hall–Kier alpha value is -4.52. The summed E-state index contributed by atoms with van der Waals surface area (Å²) in [6, 6.07) is 24.4. The van der Waals surface area contributed by atoms with E-state index in [1.54, 1.807) is 6.20 Å². The number of terminal acetylenes is 2. The van der Waals surface area contributed by atoms with Crippen LogP contribution < -0.4 is 0 Å². The smallest absolute Gasteiger partial charge is 0.129 e.